The molecule has 5 rings (SSSR count). The molecule has 0 amide bonds. The molecule has 5 aliphatic carbocycles. The molecule has 0 aromatic rings. The van der Waals surface area contributed by atoms with Crippen molar-refractivity contribution in [2.24, 2.45) is 50.2 Å². The average Bonchev–Trinajstić information content (AvgIpc) is 2.77. The Bertz CT molecular complexity index is 1130. The van der Waals surface area contributed by atoms with Gasteiger partial charge in [-0.25, -0.2) is 4.18 Å². The third-order valence-electron chi connectivity index (χ3n) is 13.5. The normalized spacial score (nSPS) is 51.1. The van der Waals surface area contributed by atoms with E-state index in [0.29, 0.717) is 24.2 Å². The summed E-state index contributed by atoms with van der Waals surface area (Å²) in [5, 5.41) is 10.1. The number of hydrogen-bond donors (Lipinski definition) is 2. The van der Waals surface area contributed by atoms with E-state index in [4.69, 9.17) is 4.18 Å². The Kier molecular flexibility index (Phi) is 6.02. The fourth-order valence-corrected chi connectivity index (χ4v) is 11.5. The summed E-state index contributed by atoms with van der Waals surface area (Å²) in [5.74, 6) is 0.439. The van der Waals surface area contributed by atoms with Crippen molar-refractivity contribution < 1.29 is 27.1 Å². The molecule has 0 heterocycles. The van der Waals surface area contributed by atoms with E-state index in [0.717, 1.165) is 57.8 Å². The second-order valence-corrected chi connectivity index (χ2v) is 16.5. The highest BCUT2D eigenvalue weighted by Crippen LogP contribution is 2.75. The van der Waals surface area contributed by atoms with Crippen LogP contribution in [0.5, 0.6) is 0 Å². The van der Waals surface area contributed by atoms with Gasteiger partial charge in [-0.2, -0.15) is 8.42 Å². The van der Waals surface area contributed by atoms with Gasteiger partial charge in [-0.05, 0) is 116 Å². The molecule has 0 aromatic heterocycles. The monoisotopic (exact) mass is 536 g/mol. The van der Waals surface area contributed by atoms with Crippen LogP contribution in [0.2, 0.25) is 0 Å². The Morgan fingerprint density at radius 3 is 2.19 bits per heavy atom. The van der Waals surface area contributed by atoms with Crippen LogP contribution in [0.25, 0.3) is 0 Å². The maximum absolute atomic E-state index is 12.3. The first-order valence-electron chi connectivity index (χ1n) is 14.4. The van der Waals surface area contributed by atoms with Crippen molar-refractivity contribution in [1.29, 1.82) is 0 Å². The van der Waals surface area contributed by atoms with Crippen molar-refractivity contribution in [3.63, 3.8) is 0 Å². The highest BCUT2D eigenvalue weighted by Gasteiger charge is 2.68. The molecule has 2 N–H and O–H groups in total. The van der Waals surface area contributed by atoms with Crippen LogP contribution in [0.1, 0.15) is 113 Å². The Morgan fingerprint density at radius 1 is 0.919 bits per heavy atom. The average molecular weight is 537 g/mol. The third kappa shape index (κ3) is 3.76. The molecule has 210 valence electrons. The number of carbonyl (C=O) groups is 1. The van der Waals surface area contributed by atoms with E-state index >= 15 is 0 Å². The highest BCUT2D eigenvalue weighted by molar-refractivity contribution is 7.80. The summed E-state index contributed by atoms with van der Waals surface area (Å²) >= 11 is 0. The van der Waals surface area contributed by atoms with E-state index in [9.17, 15) is 22.9 Å². The maximum Gasteiger partial charge on any atom is 0.397 e. The molecule has 37 heavy (non-hydrogen) atoms. The van der Waals surface area contributed by atoms with E-state index in [1.807, 2.05) is 6.92 Å². The number of aliphatic carboxylic acids is 1. The predicted molar refractivity (Wildman–Crippen MR) is 143 cm³/mol. The Labute approximate surface area is 224 Å². The van der Waals surface area contributed by atoms with Gasteiger partial charge in [-0.3, -0.25) is 9.35 Å². The first-order chi connectivity index (χ1) is 16.8. The Balaban J connectivity index is 1.53. The third-order valence-corrected chi connectivity index (χ3v) is 14.0. The number of rotatable bonds is 3. The molecule has 1 unspecified atom stereocenters. The molecule has 5 aliphatic rings. The summed E-state index contributed by atoms with van der Waals surface area (Å²) < 4.78 is 37.9. The summed E-state index contributed by atoms with van der Waals surface area (Å²) in [5.41, 5.74) is 0.885. The van der Waals surface area contributed by atoms with Gasteiger partial charge < -0.3 is 5.11 Å². The molecule has 4 saturated carbocycles. The van der Waals surface area contributed by atoms with Crippen LogP contribution in [0, 0.1) is 50.2 Å². The molecule has 0 radical (unpaired) electrons. The quantitative estimate of drug-likeness (QED) is 0.296. The van der Waals surface area contributed by atoms with E-state index in [2.05, 4.69) is 47.6 Å². The zero-order chi connectivity index (χ0) is 27.4. The van der Waals surface area contributed by atoms with Crippen molar-refractivity contribution in [3.8, 4) is 0 Å². The minimum absolute atomic E-state index is 0.0384. The molecular formula is C30H48O6S. The lowest BCUT2D eigenvalue weighted by molar-refractivity contribution is -0.200. The number of carboxylic acids is 1. The van der Waals surface area contributed by atoms with Gasteiger partial charge in [0.1, 0.15) is 0 Å². The van der Waals surface area contributed by atoms with Gasteiger partial charge >= 0.3 is 16.4 Å². The van der Waals surface area contributed by atoms with Gasteiger partial charge in [-0.1, -0.05) is 53.2 Å². The number of fused-ring (bicyclic) bond motifs is 7. The predicted octanol–water partition coefficient (Wildman–Crippen LogP) is 7.06. The first kappa shape index (κ1) is 27.6. The Morgan fingerprint density at radius 2 is 1.57 bits per heavy atom. The number of hydrogen-bond acceptors (Lipinski definition) is 4. The summed E-state index contributed by atoms with van der Waals surface area (Å²) in [6, 6.07) is 0. The largest absolute Gasteiger partial charge is 0.481 e. The van der Waals surface area contributed by atoms with Crippen LogP contribution in [0.15, 0.2) is 11.6 Å². The van der Waals surface area contributed by atoms with Gasteiger partial charge in [-0.15, -0.1) is 0 Å². The van der Waals surface area contributed by atoms with E-state index < -0.39 is 27.9 Å². The van der Waals surface area contributed by atoms with Crippen LogP contribution in [0.4, 0.5) is 0 Å². The van der Waals surface area contributed by atoms with Crippen LogP contribution in [0.3, 0.4) is 0 Å². The summed E-state index contributed by atoms with van der Waals surface area (Å²) in [6.07, 6.45) is 11.4. The molecule has 7 heteroatoms. The molecule has 0 bridgehead atoms. The summed E-state index contributed by atoms with van der Waals surface area (Å²) in [6.45, 7) is 16.0. The van der Waals surface area contributed by atoms with Gasteiger partial charge in [0.15, 0.2) is 0 Å². The van der Waals surface area contributed by atoms with Crippen molar-refractivity contribution in [2.75, 3.05) is 0 Å². The smallest absolute Gasteiger partial charge is 0.397 e. The molecule has 9 atom stereocenters. The van der Waals surface area contributed by atoms with Gasteiger partial charge in [0.05, 0.1) is 11.5 Å². The zero-order valence-corrected chi connectivity index (χ0v) is 24.7. The van der Waals surface area contributed by atoms with Gasteiger partial charge in [0, 0.05) is 0 Å². The molecule has 6 nitrogen and oxygen atoms in total. The van der Waals surface area contributed by atoms with Crippen molar-refractivity contribution >= 4 is 16.4 Å². The molecule has 4 fully saturated rings. The lowest BCUT2D eigenvalue weighted by Gasteiger charge is -2.71. The molecule has 0 aromatic carbocycles. The fourth-order valence-electron chi connectivity index (χ4n) is 10.8. The second kappa shape index (κ2) is 8.06. The minimum atomic E-state index is -4.50. The lowest BCUT2D eigenvalue weighted by Crippen LogP contribution is -2.64. The zero-order valence-electron chi connectivity index (χ0n) is 23.9. The summed E-state index contributed by atoms with van der Waals surface area (Å²) in [4.78, 5) is 12.3. The first-order valence-corrected chi connectivity index (χ1v) is 15.8. The van der Waals surface area contributed by atoms with Crippen molar-refractivity contribution in [3.05, 3.63) is 11.6 Å². The molecule has 0 saturated heterocycles. The standard InChI is InChI=1S/C30H48O6S/c1-25(2)21-10-13-30(7)22(28(21,5)12-11-23(25)36-37(33,34)35)9-8-19-20-18-27(4,24(31)32)15-14-26(20,3)16-17-29(19,30)6/h8,20-23H,9-18H2,1-7H3,(H,31,32)(H,33,34,35)/t20-,21-,22+,23?,26+,27-,28-,29+,30+/m0/s1. The molecular weight excluding hydrogens is 488 g/mol. The Hall–Kier alpha value is -0.920. The number of allylic oxidation sites excluding steroid dienone is 2. The van der Waals surface area contributed by atoms with Gasteiger partial charge in [0.25, 0.3) is 0 Å². The van der Waals surface area contributed by atoms with E-state index in [1.165, 1.54) is 5.57 Å². The van der Waals surface area contributed by atoms with Crippen molar-refractivity contribution in [1.82, 2.24) is 0 Å². The van der Waals surface area contributed by atoms with Crippen LogP contribution in [-0.2, 0) is 19.4 Å². The SMILES string of the molecule is CC1(C)C(OS(=O)(=O)O)CC[C@]2(C)[C@H]3CC=C4[C@@H]5C[C@@](C)(C(=O)O)CC[C@]5(C)CC[C@@]4(C)[C@]3(C)CC[C@@H]12. The van der Waals surface area contributed by atoms with Crippen molar-refractivity contribution in [2.45, 2.75) is 119 Å². The topological polar surface area (TPSA) is 101 Å². The highest BCUT2D eigenvalue weighted by atomic mass is 32.3. The van der Waals surface area contributed by atoms with E-state index in [1.54, 1.807) is 0 Å². The van der Waals surface area contributed by atoms with Crippen LogP contribution < -0.4 is 0 Å². The molecule has 0 aliphatic heterocycles. The van der Waals surface area contributed by atoms with E-state index in [-0.39, 0.29) is 27.1 Å². The fraction of sp³-hybridized carbons (Fsp3) is 0.900. The van der Waals surface area contributed by atoms with Crippen LogP contribution >= 0.6 is 0 Å². The number of carboxylic acid groups (broad SMARTS) is 1. The lowest BCUT2D eigenvalue weighted by atomic mass is 9.33. The summed E-state index contributed by atoms with van der Waals surface area (Å²) in [7, 11) is -4.50. The second-order valence-electron chi connectivity index (χ2n) is 15.4. The minimum Gasteiger partial charge on any atom is -0.481 e. The molecule has 0 spiro atoms. The van der Waals surface area contributed by atoms with Crippen LogP contribution in [-0.4, -0.2) is 30.2 Å². The maximum atomic E-state index is 12.3. The van der Waals surface area contributed by atoms with Gasteiger partial charge in [0.2, 0.25) is 0 Å².